The Bertz CT molecular complexity index is 1260. The van der Waals surface area contributed by atoms with Crippen molar-refractivity contribution in [1.29, 1.82) is 0 Å². The summed E-state index contributed by atoms with van der Waals surface area (Å²) < 4.78 is 38.5. The Morgan fingerprint density at radius 1 is 1.07 bits per heavy atom. The molecule has 3 aromatic rings. The van der Waals surface area contributed by atoms with Crippen LogP contribution in [0.2, 0.25) is 0 Å². The number of methoxy groups -OCH3 is 1. The zero-order valence-corrected chi connectivity index (χ0v) is 17.2. The Balaban J connectivity index is 2.10. The van der Waals surface area contributed by atoms with Crippen LogP contribution in [-0.2, 0) is 16.6 Å². The van der Waals surface area contributed by atoms with Gasteiger partial charge in [-0.3, -0.25) is 4.79 Å². The van der Waals surface area contributed by atoms with Crippen LogP contribution in [0.3, 0.4) is 0 Å². The van der Waals surface area contributed by atoms with Gasteiger partial charge >= 0.3 is 5.63 Å². The molecule has 2 heterocycles. The van der Waals surface area contributed by atoms with Gasteiger partial charge < -0.3 is 13.7 Å². The summed E-state index contributed by atoms with van der Waals surface area (Å²) >= 11 is 0. The highest BCUT2D eigenvalue weighted by Gasteiger charge is 2.22. The first-order valence-electron chi connectivity index (χ1n) is 9.11. The molecule has 29 heavy (non-hydrogen) atoms. The number of fused-ring (bicyclic) bond motifs is 1. The molecule has 1 aromatic carbocycles. The topological polar surface area (TPSA) is 98.8 Å². The highest BCUT2D eigenvalue weighted by atomic mass is 32.2. The minimum absolute atomic E-state index is 0.0227. The number of nitrogens with zero attached hydrogens (tertiary/aromatic N) is 2. The number of pyridine rings is 1. The molecule has 0 aliphatic rings. The molecule has 2 aromatic heterocycles. The van der Waals surface area contributed by atoms with Crippen molar-refractivity contribution < 1.29 is 17.6 Å². The Morgan fingerprint density at radius 3 is 2.45 bits per heavy atom. The smallest absolute Gasteiger partial charge is 0.336 e. The molecule has 0 radical (unpaired) electrons. The van der Waals surface area contributed by atoms with Gasteiger partial charge in [0, 0.05) is 42.9 Å². The third kappa shape index (κ3) is 4.10. The van der Waals surface area contributed by atoms with E-state index in [-0.39, 0.29) is 17.0 Å². The fourth-order valence-electron chi connectivity index (χ4n) is 3.15. The molecule has 0 saturated carbocycles. The lowest BCUT2D eigenvalue weighted by Gasteiger charge is -2.19. The lowest BCUT2D eigenvalue weighted by Crippen LogP contribution is -2.32. The number of aromatic nitrogens is 1. The van der Waals surface area contributed by atoms with Gasteiger partial charge in [-0.05, 0) is 23.8 Å². The van der Waals surface area contributed by atoms with Crippen molar-refractivity contribution in [3.05, 3.63) is 68.9 Å². The predicted molar refractivity (Wildman–Crippen MR) is 109 cm³/mol. The van der Waals surface area contributed by atoms with E-state index in [0.29, 0.717) is 35.4 Å². The van der Waals surface area contributed by atoms with Crippen LogP contribution in [0.25, 0.3) is 11.0 Å². The zero-order chi connectivity index (χ0) is 21.2. The average molecular weight is 418 g/mol. The van der Waals surface area contributed by atoms with Crippen molar-refractivity contribution >= 4 is 21.0 Å². The molecule has 0 fully saturated rings. The van der Waals surface area contributed by atoms with Gasteiger partial charge in [0.2, 0.25) is 10.0 Å². The second-order valence-electron chi connectivity index (χ2n) is 6.37. The molecule has 0 bridgehead atoms. The van der Waals surface area contributed by atoms with Crippen molar-refractivity contribution in [3.8, 4) is 5.75 Å². The lowest BCUT2D eigenvalue weighted by atomic mass is 10.1. The van der Waals surface area contributed by atoms with Gasteiger partial charge in [0.1, 0.15) is 11.3 Å². The van der Waals surface area contributed by atoms with E-state index in [1.807, 2.05) is 0 Å². The Hall–Kier alpha value is -2.91. The molecule has 154 valence electrons. The summed E-state index contributed by atoms with van der Waals surface area (Å²) in [6.07, 6.45) is 1.31. The highest BCUT2D eigenvalue weighted by molar-refractivity contribution is 7.89. The number of benzene rings is 1. The maximum absolute atomic E-state index is 12.8. The standard InChI is InChI=1S/C20H22N2O6S/c1-4-22(5-2)29(25,26)16-7-9-19(23)21(13-16)12-14-10-20(24)28-18-11-15(27-3)6-8-17(14)18/h6-11,13H,4-5,12H2,1-3H3. The third-order valence-corrected chi connectivity index (χ3v) is 6.71. The van der Waals surface area contributed by atoms with Gasteiger partial charge in [-0.2, -0.15) is 4.31 Å². The third-order valence-electron chi connectivity index (χ3n) is 4.68. The molecule has 0 atom stereocenters. The number of hydrogen-bond acceptors (Lipinski definition) is 6. The first-order valence-corrected chi connectivity index (χ1v) is 10.6. The first kappa shape index (κ1) is 20.8. The molecule has 3 rings (SSSR count). The van der Waals surface area contributed by atoms with Gasteiger partial charge in [-0.25, -0.2) is 13.2 Å². The van der Waals surface area contributed by atoms with E-state index in [4.69, 9.17) is 9.15 Å². The van der Waals surface area contributed by atoms with Crippen molar-refractivity contribution in [2.24, 2.45) is 0 Å². The Kier molecular flexibility index (Phi) is 5.90. The molecule has 0 N–H and O–H groups in total. The zero-order valence-electron chi connectivity index (χ0n) is 16.4. The van der Waals surface area contributed by atoms with E-state index in [1.54, 1.807) is 32.0 Å². The van der Waals surface area contributed by atoms with Crippen molar-refractivity contribution in [1.82, 2.24) is 8.87 Å². The van der Waals surface area contributed by atoms with Crippen molar-refractivity contribution in [2.45, 2.75) is 25.3 Å². The van der Waals surface area contributed by atoms with Crippen LogP contribution < -0.4 is 15.9 Å². The maximum atomic E-state index is 12.8. The normalized spacial score (nSPS) is 11.9. The van der Waals surface area contributed by atoms with E-state index >= 15 is 0 Å². The predicted octanol–water partition coefficient (Wildman–Crippen LogP) is 2.04. The summed E-state index contributed by atoms with van der Waals surface area (Å²) in [6.45, 7) is 4.17. The van der Waals surface area contributed by atoms with Gasteiger partial charge in [0.05, 0.1) is 18.6 Å². The molecule has 0 aliphatic heterocycles. The molecule has 0 unspecified atom stereocenters. The van der Waals surface area contributed by atoms with Crippen molar-refractivity contribution in [2.75, 3.05) is 20.2 Å². The van der Waals surface area contributed by atoms with Crippen molar-refractivity contribution in [3.63, 3.8) is 0 Å². The van der Waals surface area contributed by atoms with Gasteiger partial charge in [-0.1, -0.05) is 13.8 Å². The van der Waals surface area contributed by atoms with Crippen LogP contribution >= 0.6 is 0 Å². The molecule has 9 heteroatoms. The summed E-state index contributed by atoms with van der Waals surface area (Å²) in [4.78, 5) is 24.4. The minimum atomic E-state index is -3.72. The molecular formula is C20H22N2O6S. The maximum Gasteiger partial charge on any atom is 0.336 e. The van der Waals surface area contributed by atoms with Gasteiger partial charge in [0.25, 0.3) is 5.56 Å². The van der Waals surface area contributed by atoms with E-state index in [2.05, 4.69) is 0 Å². The van der Waals surface area contributed by atoms with Crippen LogP contribution in [-0.4, -0.2) is 37.5 Å². The number of hydrogen-bond donors (Lipinski definition) is 0. The lowest BCUT2D eigenvalue weighted by molar-refractivity contribution is 0.414. The second-order valence-corrected chi connectivity index (χ2v) is 8.31. The molecule has 0 aliphatic carbocycles. The number of rotatable bonds is 7. The Morgan fingerprint density at radius 2 is 1.79 bits per heavy atom. The van der Waals surface area contributed by atoms with Crippen LogP contribution in [0.15, 0.2) is 61.5 Å². The molecule has 0 saturated heterocycles. The summed E-state index contributed by atoms with van der Waals surface area (Å²) in [7, 11) is -2.21. The molecule has 0 spiro atoms. The van der Waals surface area contributed by atoms with Gasteiger partial charge in [-0.15, -0.1) is 0 Å². The monoisotopic (exact) mass is 418 g/mol. The fourth-order valence-corrected chi connectivity index (χ4v) is 4.63. The largest absolute Gasteiger partial charge is 0.497 e. The van der Waals surface area contributed by atoms with Crippen LogP contribution in [0.1, 0.15) is 19.4 Å². The summed E-state index contributed by atoms with van der Waals surface area (Å²) in [5, 5.41) is 0.634. The van der Waals surface area contributed by atoms with E-state index in [9.17, 15) is 18.0 Å². The quantitative estimate of drug-likeness (QED) is 0.545. The number of ether oxygens (including phenoxy) is 1. The van der Waals surface area contributed by atoms with E-state index < -0.39 is 15.6 Å². The summed E-state index contributed by atoms with van der Waals surface area (Å²) in [6, 6.07) is 8.85. The second kappa shape index (κ2) is 8.22. The average Bonchev–Trinajstić information content (AvgIpc) is 2.69. The van der Waals surface area contributed by atoms with Crippen LogP contribution in [0.4, 0.5) is 0 Å². The fraction of sp³-hybridized carbons (Fsp3) is 0.300. The SMILES string of the molecule is CCN(CC)S(=O)(=O)c1ccc(=O)n(Cc2cc(=O)oc3cc(OC)ccc23)c1. The molecule has 0 amide bonds. The first-order chi connectivity index (χ1) is 13.8. The highest BCUT2D eigenvalue weighted by Crippen LogP contribution is 2.23. The Labute approximate surface area is 168 Å². The molecular weight excluding hydrogens is 396 g/mol. The van der Waals surface area contributed by atoms with Gasteiger partial charge in [0.15, 0.2) is 0 Å². The minimum Gasteiger partial charge on any atom is -0.497 e. The number of sulfonamides is 1. The van der Waals surface area contributed by atoms with E-state index in [0.717, 1.165) is 0 Å². The van der Waals surface area contributed by atoms with Crippen LogP contribution in [0.5, 0.6) is 5.75 Å². The summed E-state index contributed by atoms with van der Waals surface area (Å²) in [5.74, 6) is 0.530. The van der Waals surface area contributed by atoms with E-state index in [1.165, 1.54) is 40.4 Å². The van der Waals surface area contributed by atoms with Crippen LogP contribution in [0, 0.1) is 0 Å². The molecule has 8 nitrogen and oxygen atoms in total. The summed E-state index contributed by atoms with van der Waals surface area (Å²) in [5.41, 5.74) is -0.0793.